The van der Waals surface area contributed by atoms with E-state index in [0.717, 1.165) is 11.6 Å². The Morgan fingerprint density at radius 1 is 1.24 bits per heavy atom. The third-order valence-corrected chi connectivity index (χ3v) is 3.61. The van der Waals surface area contributed by atoms with Gasteiger partial charge in [0.1, 0.15) is 5.82 Å². The van der Waals surface area contributed by atoms with Crippen LogP contribution in [0, 0.1) is 5.82 Å². The first-order valence-corrected chi connectivity index (χ1v) is 7.97. The van der Waals surface area contributed by atoms with E-state index in [0.29, 0.717) is 5.02 Å². The fraction of sp³-hybridized carbons (Fsp3) is 0.158. The van der Waals surface area contributed by atoms with Crippen LogP contribution in [0.2, 0.25) is 5.02 Å². The second-order valence-corrected chi connectivity index (χ2v) is 5.74. The summed E-state index contributed by atoms with van der Waals surface area (Å²) in [6.45, 7) is 1.37. The van der Waals surface area contributed by atoms with Crippen LogP contribution in [0.5, 0.6) is 0 Å². The van der Waals surface area contributed by atoms with Crippen molar-refractivity contribution in [2.45, 2.75) is 13.0 Å². The number of hydrogen-bond acceptors (Lipinski definition) is 3. The lowest BCUT2D eigenvalue weighted by molar-refractivity contribution is -0.144. The third-order valence-electron chi connectivity index (χ3n) is 3.38. The molecule has 2 aromatic carbocycles. The molecule has 0 aliphatic heterocycles. The predicted octanol–water partition coefficient (Wildman–Crippen LogP) is 3.91. The van der Waals surface area contributed by atoms with Crippen molar-refractivity contribution >= 4 is 29.6 Å². The van der Waals surface area contributed by atoms with Gasteiger partial charge >= 0.3 is 5.97 Å². The molecule has 4 nitrogen and oxygen atoms in total. The molecule has 0 saturated carbocycles. The highest BCUT2D eigenvalue weighted by Crippen LogP contribution is 2.17. The molecule has 0 aliphatic carbocycles. The maximum absolute atomic E-state index is 13.4. The lowest BCUT2D eigenvalue weighted by atomic mass is 10.1. The first-order valence-electron chi connectivity index (χ1n) is 7.60. The fourth-order valence-corrected chi connectivity index (χ4v) is 2.29. The van der Waals surface area contributed by atoms with Gasteiger partial charge in [0.15, 0.2) is 6.61 Å². The molecule has 1 N–H and O–H groups in total. The summed E-state index contributed by atoms with van der Waals surface area (Å²) in [7, 11) is 0. The normalized spacial score (nSPS) is 12.0. The molecule has 0 radical (unpaired) electrons. The van der Waals surface area contributed by atoms with E-state index < -0.39 is 24.3 Å². The average molecular weight is 362 g/mol. The van der Waals surface area contributed by atoms with Gasteiger partial charge in [-0.3, -0.25) is 4.79 Å². The van der Waals surface area contributed by atoms with Crippen LogP contribution >= 0.6 is 11.6 Å². The highest BCUT2D eigenvalue weighted by atomic mass is 35.5. The van der Waals surface area contributed by atoms with Crippen LogP contribution < -0.4 is 5.32 Å². The standard InChI is InChI=1S/C19H17ClFNO3/c1-13(15-6-4-7-16(20)11-15)22-18(23)12-25-19(24)10-9-14-5-2-3-8-17(14)21/h2-11,13H,12H2,1H3,(H,22,23)/b10-9+/t13-/m0/s1. The van der Waals surface area contributed by atoms with Gasteiger partial charge in [-0.1, -0.05) is 41.9 Å². The van der Waals surface area contributed by atoms with Crippen molar-refractivity contribution in [3.63, 3.8) is 0 Å². The minimum absolute atomic E-state index is 0.262. The zero-order chi connectivity index (χ0) is 18.2. The quantitative estimate of drug-likeness (QED) is 0.627. The molecule has 25 heavy (non-hydrogen) atoms. The molecule has 0 aliphatic rings. The summed E-state index contributed by atoms with van der Waals surface area (Å²) in [4.78, 5) is 23.4. The highest BCUT2D eigenvalue weighted by molar-refractivity contribution is 6.30. The van der Waals surface area contributed by atoms with Crippen LogP contribution in [-0.4, -0.2) is 18.5 Å². The predicted molar refractivity (Wildman–Crippen MR) is 94.4 cm³/mol. The second kappa shape index (κ2) is 8.99. The Kier molecular flexibility index (Phi) is 6.71. The number of nitrogens with one attached hydrogen (secondary N) is 1. The summed E-state index contributed by atoms with van der Waals surface area (Å²) >= 11 is 5.91. The largest absolute Gasteiger partial charge is 0.452 e. The van der Waals surface area contributed by atoms with Crippen molar-refractivity contribution in [2.24, 2.45) is 0 Å². The second-order valence-electron chi connectivity index (χ2n) is 5.31. The fourth-order valence-electron chi connectivity index (χ4n) is 2.10. The van der Waals surface area contributed by atoms with Crippen LogP contribution in [0.15, 0.2) is 54.6 Å². The van der Waals surface area contributed by atoms with Gasteiger partial charge in [-0.25, -0.2) is 9.18 Å². The highest BCUT2D eigenvalue weighted by Gasteiger charge is 2.11. The molecular weight excluding hydrogens is 345 g/mol. The average Bonchev–Trinajstić information content (AvgIpc) is 2.59. The van der Waals surface area contributed by atoms with E-state index in [1.54, 1.807) is 37.3 Å². The van der Waals surface area contributed by atoms with Crippen molar-refractivity contribution in [3.8, 4) is 0 Å². The number of halogens is 2. The molecule has 0 bridgehead atoms. The SMILES string of the molecule is C[C@H](NC(=O)COC(=O)/C=C/c1ccccc1F)c1cccc(Cl)c1. The number of ether oxygens (including phenoxy) is 1. The van der Waals surface area contributed by atoms with Gasteiger partial charge in [0.25, 0.3) is 5.91 Å². The zero-order valence-corrected chi connectivity index (χ0v) is 14.3. The van der Waals surface area contributed by atoms with Gasteiger partial charge in [-0.05, 0) is 36.8 Å². The van der Waals surface area contributed by atoms with E-state index in [9.17, 15) is 14.0 Å². The van der Waals surface area contributed by atoms with E-state index in [1.807, 2.05) is 6.07 Å². The summed E-state index contributed by atoms with van der Waals surface area (Å²) in [5.41, 5.74) is 1.10. The first-order chi connectivity index (χ1) is 12.0. The summed E-state index contributed by atoms with van der Waals surface area (Å²) in [5, 5.41) is 3.28. The van der Waals surface area contributed by atoms with Crippen LogP contribution in [0.4, 0.5) is 4.39 Å². The summed E-state index contributed by atoms with van der Waals surface area (Å²) in [6.07, 6.45) is 2.37. The summed E-state index contributed by atoms with van der Waals surface area (Å²) in [5.74, 6) is -1.62. The molecular formula is C19H17ClFNO3. The maximum atomic E-state index is 13.4. The molecule has 0 heterocycles. The number of benzene rings is 2. The van der Waals surface area contributed by atoms with Gasteiger partial charge in [0.05, 0.1) is 6.04 Å². The van der Waals surface area contributed by atoms with Gasteiger partial charge < -0.3 is 10.1 Å². The van der Waals surface area contributed by atoms with E-state index in [-0.39, 0.29) is 11.6 Å². The lowest BCUT2D eigenvalue weighted by Crippen LogP contribution is -2.30. The van der Waals surface area contributed by atoms with E-state index in [4.69, 9.17) is 16.3 Å². The Balaban J connectivity index is 1.81. The zero-order valence-electron chi connectivity index (χ0n) is 13.5. The van der Waals surface area contributed by atoms with E-state index in [1.165, 1.54) is 18.2 Å². The molecule has 0 saturated heterocycles. The number of carbonyl (C=O) groups excluding carboxylic acids is 2. The van der Waals surface area contributed by atoms with Crippen molar-refractivity contribution in [2.75, 3.05) is 6.61 Å². The molecule has 1 amide bonds. The molecule has 0 spiro atoms. The monoisotopic (exact) mass is 361 g/mol. The van der Waals surface area contributed by atoms with Crippen molar-refractivity contribution < 1.29 is 18.7 Å². The maximum Gasteiger partial charge on any atom is 0.331 e. The topological polar surface area (TPSA) is 55.4 Å². The molecule has 0 unspecified atom stereocenters. The minimum atomic E-state index is -0.728. The van der Waals surface area contributed by atoms with Crippen molar-refractivity contribution in [3.05, 3.63) is 76.6 Å². The Hall–Kier alpha value is -2.66. The van der Waals surface area contributed by atoms with Gasteiger partial charge in [0, 0.05) is 16.7 Å². The number of carbonyl (C=O) groups is 2. The molecule has 6 heteroatoms. The number of amides is 1. The minimum Gasteiger partial charge on any atom is -0.452 e. The van der Waals surface area contributed by atoms with E-state index in [2.05, 4.69) is 5.32 Å². The first kappa shape index (κ1) is 18.7. The smallest absolute Gasteiger partial charge is 0.331 e. The van der Waals surface area contributed by atoms with Gasteiger partial charge in [-0.2, -0.15) is 0 Å². The van der Waals surface area contributed by atoms with Crippen LogP contribution in [0.1, 0.15) is 24.1 Å². The Labute approximate surface area is 150 Å². The number of hydrogen-bond donors (Lipinski definition) is 1. The molecule has 0 aromatic heterocycles. The Morgan fingerprint density at radius 3 is 2.72 bits per heavy atom. The molecule has 2 rings (SSSR count). The van der Waals surface area contributed by atoms with Crippen LogP contribution in [0.25, 0.3) is 6.08 Å². The summed E-state index contributed by atoms with van der Waals surface area (Å²) in [6, 6.07) is 12.8. The van der Waals surface area contributed by atoms with Crippen LogP contribution in [-0.2, 0) is 14.3 Å². The van der Waals surface area contributed by atoms with E-state index >= 15 is 0 Å². The number of esters is 1. The van der Waals surface area contributed by atoms with Gasteiger partial charge in [0.2, 0.25) is 0 Å². The van der Waals surface area contributed by atoms with Crippen molar-refractivity contribution in [1.29, 1.82) is 0 Å². The molecule has 130 valence electrons. The lowest BCUT2D eigenvalue weighted by Gasteiger charge is -2.14. The molecule has 2 aromatic rings. The van der Waals surface area contributed by atoms with Crippen molar-refractivity contribution in [1.82, 2.24) is 5.32 Å². The molecule has 0 fully saturated rings. The van der Waals surface area contributed by atoms with Gasteiger partial charge in [-0.15, -0.1) is 0 Å². The molecule has 1 atom stereocenters. The Bertz CT molecular complexity index is 792. The number of rotatable bonds is 6. The third kappa shape index (κ3) is 6.04. The Morgan fingerprint density at radius 2 is 2.00 bits per heavy atom. The summed E-state index contributed by atoms with van der Waals surface area (Å²) < 4.78 is 18.2. The van der Waals surface area contributed by atoms with Crippen LogP contribution in [0.3, 0.4) is 0 Å².